The number of anilines is 1. The summed E-state index contributed by atoms with van der Waals surface area (Å²) < 4.78 is 0. The van der Waals surface area contributed by atoms with Gasteiger partial charge in [0.15, 0.2) is 0 Å². The van der Waals surface area contributed by atoms with Gasteiger partial charge in [0.05, 0.1) is 0 Å². The Bertz CT molecular complexity index is 673. The van der Waals surface area contributed by atoms with Gasteiger partial charge in [-0.3, -0.25) is 14.4 Å². The number of rotatable bonds is 11. The second-order valence-electron chi connectivity index (χ2n) is 5.46. The lowest BCUT2D eigenvalue weighted by Crippen LogP contribution is -2.14. The number of carbonyl (C=O) groups excluding carboxylic acids is 1. The van der Waals surface area contributed by atoms with Crippen molar-refractivity contribution in [2.45, 2.75) is 19.3 Å². The molecular weight excluding hydrogens is 365 g/mol. The van der Waals surface area contributed by atoms with Gasteiger partial charge in [0.25, 0.3) is 0 Å². The second-order valence-corrected chi connectivity index (χ2v) is 8.15. The third kappa shape index (κ3) is 7.94. The maximum atomic E-state index is 12.0. The van der Waals surface area contributed by atoms with Crippen LogP contribution in [0.2, 0.25) is 0 Å². The van der Waals surface area contributed by atoms with Gasteiger partial charge in [-0.05, 0) is 36.7 Å². The molecule has 0 spiro atoms. The van der Waals surface area contributed by atoms with E-state index in [2.05, 4.69) is 5.32 Å². The van der Waals surface area contributed by atoms with Crippen LogP contribution in [-0.4, -0.2) is 62.7 Å². The van der Waals surface area contributed by atoms with Crippen LogP contribution in [0.3, 0.4) is 0 Å². The first-order valence-corrected chi connectivity index (χ1v) is 9.61. The molecule has 0 bridgehead atoms. The molecule has 9 nitrogen and oxygen atoms in total. The average Bonchev–Trinajstić information content (AvgIpc) is 2.55. The zero-order valence-electron chi connectivity index (χ0n) is 13.8. The Labute approximate surface area is 150 Å². The van der Waals surface area contributed by atoms with E-state index in [-0.39, 0.29) is 30.5 Å². The van der Waals surface area contributed by atoms with Crippen molar-refractivity contribution in [2.75, 3.05) is 23.8 Å². The molecule has 0 atom stereocenters. The molecule has 0 radical (unpaired) electrons. The maximum Gasteiger partial charge on any atom is 0.339 e. The van der Waals surface area contributed by atoms with E-state index in [1.165, 1.54) is 6.07 Å². The van der Waals surface area contributed by atoms with Crippen molar-refractivity contribution in [1.29, 1.82) is 0 Å². The van der Waals surface area contributed by atoms with Crippen LogP contribution in [0.15, 0.2) is 18.2 Å². The molecule has 5 N–H and O–H groups in total. The summed E-state index contributed by atoms with van der Waals surface area (Å²) >= 11 is 0. The van der Waals surface area contributed by atoms with E-state index in [1.54, 1.807) is 0 Å². The fraction of sp³-hybridized carbons (Fsp3) is 0.375. The molecule has 1 aromatic carbocycles. The monoisotopic (exact) mass is 385 g/mol. The minimum absolute atomic E-state index is 0.0637. The maximum absolute atomic E-state index is 12.0. The molecule has 1 rings (SSSR count). The van der Waals surface area contributed by atoms with Crippen molar-refractivity contribution in [2.24, 2.45) is 0 Å². The number of hydrogen-bond donors (Lipinski definition) is 5. The summed E-state index contributed by atoms with van der Waals surface area (Å²) in [5.41, 5.74) is -0.126. The number of aromatic hydroxyl groups is 1. The number of carbonyl (C=O) groups is 4. The summed E-state index contributed by atoms with van der Waals surface area (Å²) in [7, 11) is -0.911. The molecule has 0 aliphatic heterocycles. The minimum atomic E-state index is -1.33. The lowest BCUT2D eigenvalue weighted by Gasteiger charge is -2.16. The van der Waals surface area contributed by atoms with Gasteiger partial charge in [-0.1, -0.05) is 0 Å². The normalized spacial score (nSPS) is 10.5. The van der Waals surface area contributed by atoms with Crippen LogP contribution in [0.25, 0.3) is 0 Å². The highest BCUT2D eigenvalue weighted by atomic mass is 31.1. The minimum Gasteiger partial charge on any atom is -0.507 e. The van der Waals surface area contributed by atoms with E-state index in [1.807, 2.05) is 0 Å². The lowest BCUT2D eigenvalue weighted by molar-refractivity contribution is -0.137. The van der Waals surface area contributed by atoms with Crippen LogP contribution >= 0.6 is 7.92 Å². The molecule has 0 fully saturated rings. The third-order valence-electron chi connectivity index (χ3n) is 3.45. The number of nitrogens with one attached hydrogen (secondary N) is 1. The van der Waals surface area contributed by atoms with Gasteiger partial charge in [-0.15, -0.1) is 7.92 Å². The summed E-state index contributed by atoms with van der Waals surface area (Å²) in [6.45, 7) is 0. The first-order chi connectivity index (χ1) is 12.2. The first kappa shape index (κ1) is 21.4. The van der Waals surface area contributed by atoms with Gasteiger partial charge >= 0.3 is 17.9 Å². The van der Waals surface area contributed by atoms with Gasteiger partial charge in [-0.25, -0.2) is 4.79 Å². The molecular formula is C16H20NO8P. The van der Waals surface area contributed by atoms with Crippen molar-refractivity contribution in [3.05, 3.63) is 23.8 Å². The molecule has 142 valence electrons. The van der Waals surface area contributed by atoms with Gasteiger partial charge in [0.2, 0.25) is 5.91 Å². The molecule has 1 amide bonds. The zero-order chi connectivity index (χ0) is 19.7. The van der Waals surface area contributed by atoms with Crippen LogP contribution < -0.4 is 5.32 Å². The zero-order valence-corrected chi connectivity index (χ0v) is 14.7. The number of carboxylic acid groups (broad SMARTS) is 3. The molecule has 0 aliphatic carbocycles. The lowest BCUT2D eigenvalue weighted by atomic mass is 10.2. The van der Waals surface area contributed by atoms with E-state index < -0.39 is 37.5 Å². The van der Waals surface area contributed by atoms with E-state index in [4.69, 9.17) is 15.3 Å². The Morgan fingerprint density at radius 1 is 0.885 bits per heavy atom. The Morgan fingerprint density at radius 2 is 1.42 bits per heavy atom. The average molecular weight is 385 g/mol. The summed E-state index contributed by atoms with van der Waals surface area (Å²) in [6.07, 6.45) is 0.973. The number of hydrogen-bond acceptors (Lipinski definition) is 5. The molecule has 0 aliphatic rings. The van der Waals surface area contributed by atoms with Crippen molar-refractivity contribution >= 4 is 37.4 Å². The number of aromatic carboxylic acids is 1. The Kier molecular flexibility index (Phi) is 8.51. The Hall–Kier alpha value is -2.67. The Morgan fingerprint density at radius 3 is 1.92 bits per heavy atom. The summed E-state index contributed by atoms with van der Waals surface area (Å²) in [4.78, 5) is 44.3. The number of amides is 1. The van der Waals surface area contributed by atoms with Gasteiger partial charge < -0.3 is 25.7 Å². The van der Waals surface area contributed by atoms with Gasteiger partial charge in [0.1, 0.15) is 11.3 Å². The van der Waals surface area contributed by atoms with Crippen LogP contribution in [-0.2, 0) is 14.4 Å². The van der Waals surface area contributed by atoms with Crippen LogP contribution in [0, 0.1) is 0 Å². The van der Waals surface area contributed by atoms with Crippen molar-refractivity contribution in [3.8, 4) is 5.75 Å². The standard InChI is InChI=1S/C16H20NO8P/c18-12-2-1-10(9-11(12)16(24)25)17-13(19)3-6-26(7-4-14(20)21)8-5-15(22)23/h1-2,9,18H,3-8H2,(H,17,19)(H,20,21)(H,22,23)(H,24,25). The van der Waals surface area contributed by atoms with E-state index in [9.17, 15) is 24.3 Å². The Balaban J connectivity index is 2.61. The molecule has 0 aromatic heterocycles. The molecule has 0 saturated carbocycles. The van der Waals surface area contributed by atoms with Crippen molar-refractivity contribution < 1.29 is 39.6 Å². The largest absolute Gasteiger partial charge is 0.507 e. The van der Waals surface area contributed by atoms with E-state index >= 15 is 0 Å². The number of carboxylic acids is 3. The molecule has 0 unspecified atom stereocenters. The second kappa shape index (κ2) is 10.4. The highest BCUT2D eigenvalue weighted by Crippen LogP contribution is 2.37. The third-order valence-corrected chi connectivity index (χ3v) is 6.02. The molecule has 0 saturated heterocycles. The van der Waals surface area contributed by atoms with Crippen LogP contribution in [0.5, 0.6) is 5.75 Å². The highest BCUT2D eigenvalue weighted by molar-refractivity contribution is 7.57. The van der Waals surface area contributed by atoms with E-state index in [0.717, 1.165) is 12.1 Å². The van der Waals surface area contributed by atoms with Crippen LogP contribution in [0.4, 0.5) is 5.69 Å². The predicted octanol–water partition coefficient (Wildman–Crippen LogP) is 1.85. The van der Waals surface area contributed by atoms with Crippen LogP contribution in [0.1, 0.15) is 29.6 Å². The molecule has 10 heteroatoms. The molecule has 26 heavy (non-hydrogen) atoms. The first-order valence-electron chi connectivity index (χ1n) is 7.71. The van der Waals surface area contributed by atoms with Crippen molar-refractivity contribution in [3.63, 3.8) is 0 Å². The smallest absolute Gasteiger partial charge is 0.339 e. The molecule has 0 heterocycles. The van der Waals surface area contributed by atoms with Gasteiger partial charge in [-0.2, -0.15) is 0 Å². The van der Waals surface area contributed by atoms with Crippen molar-refractivity contribution in [1.82, 2.24) is 0 Å². The number of aliphatic carboxylic acids is 2. The summed E-state index contributed by atoms with van der Waals surface area (Å²) in [6, 6.07) is 3.65. The fourth-order valence-electron chi connectivity index (χ4n) is 2.11. The summed E-state index contributed by atoms with van der Waals surface area (Å²) in [5, 5.41) is 38.4. The van der Waals surface area contributed by atoms with Gasteiger partial charge in [0, 0.05) is 24.9 Å². The summed E-state index contributed by atoms with van der Waals surface area (Å²) in [5.74, 6) is -4.08. The fourth-order valence-corrected chi connectivity index (χ4v) is 4.32. The quantitative estimate of drug-likeness (QED) is 0.285. The topological polar surface area (TPSA) is 161 Å². The molecule has 1 aromatic rings. The van der Waals surface area contributed by atoms with E-state index in [0.29, 0.717) is 18.5 Å². The number of phenols is 1. The number of benzene rings is 1. The highest BCUT2D eigenvalue weighted by Gasteiger charge is 2.15. The SMILES string of the molecule is O=C(O)CCP(CCC(=O)O)CCC(=O)Nc1ccc(O)c(C(=O)O)c1. The predicted molar refractivity (Wildman–Crippen MR) is 94.3 cm³/mol.